The Hall–Kier alpha value is -2.91. The summed E-state index contributed by atoms with van der Waals surface area (Å²) in [6.07, 6.45) is 1.62. The molecule has 3 heterocycles. The van der Waals surface area contributed by atoms with E-state index in [2.05, 4.69) is 4.99 Å². The topological polar surface area (TPSA) is 62.2 Å². The van der Waals surface area contributed by atoms with Gasteiger partial charge in [-0.2, -0.15) is 13.2 Å². The van der Waals surface area contributed by atoms with Gasteiger partial charge in [-0.15, -0.1) is 0 Å². The van der Waals surface area contributed by atoms with Gasteiger partial charge in [0.1, 0.15) is 12.4 Å². The number of ether oxygens (including phenoxy) is 1. The molecule has 3 aliphatic heterocycles. The van der Waals surface area contributed by atoms with Crippen molar-refractivity contribution in [1.82, 2.24) is 9.80 Å². The van der Waals surface area contributed by atoms with E-state index in [1.807, 2.05) is 11.1 Å². The number of aliphatic imine (C=N–C) groups is 1. The minimum Gasteiger partial charge on any atom is -0.444 e. The van der Waals surface area contributed by atoms with Crippen LogP contribution in [0.2, 0.25) is 0 Å². The van der Waals surface area contributed by atoms with Crippen LogP contribution in [0.4, 0.5) is 22.4 Å². The van der Waals surface area contributed by atoms with Crippen LogP contribution in [0.1, 0.15) is 49.7 Å². The van der Waals surface area contributed by atoms with Crippen molar-refractivity contribution in [3.05, 3.63) is 46.4 Å². The molecule has 0 radical (unpaired) electrons. The normalized spacial score (nSPS) is 23.4. The lowest BCUT2D eigenvalue weighted by Crippen LogP contribution is -2.63. The van der Waals surface area contributed by atoms with E-state index in [-0.39, 0.29) is 22.8 Å². The highest BCUT2D eigenvalue weighted by Crippen LogP contribution is 2.43. The number of halogens is 4. The molecular formula is C25H27F4N3O3. The maximum Gasteiger partial charge on any atom is 0.416 e. The Morgan fingerprint density at radius 1 is 1.14 bits per heavy atom. The number of amides is 2. The number of carbonyl (C=O) groups is 2. The van der Waals surface area contributed by atoms with Crippen LogP contribution < -0.4 is 0 Å². The summed E-state index contributed by atoms with van der Waals surface area (Å²) in [5.41, 5.74) is 1.28. The number of carbonyl (C=O) groups excluding carboxylic acids is 2. The highest BCUT2D eigenvalue weighted by molar-refractivity contribution is 5.81. The number of hydrogen-bond acceptors (Lipinski definition) is 4. The zero-order chi connectivity index (χ0) is 24.8. The lowest BCUT2D eigenvalue weighted by molar-refractivity contribution is -0.151. The van der Waals surface area contributed by atoms with Gasteiger partial charge in [0.2, 0.25) is 5.91 Å². The first kappa shape index (κ1) is 23.8. The van der Waals surface area contributed by atoms with E-state index in [1.54, 1.807) is 0 Å². The van der Waals surface area contributed by atoms with Crippen molar-refractivity contribution in [2.24, 2.45) is 16.3 Å². The van der Waals surface area contributed by atoms with E-state index in [9.17, 15) is 27.2 Å². The maximum atomic E-state index is 14.0. The molecule has 0 saturated carbocycles. The largest absolute Gasteiger partial charge is 0.444 e. The molecule has 0 N–H and O–H groups in total. The van der Waals surface area contributed by atoms with Gasteiger partial charge in [0.05, 0.1) is 5.56 Å². The molecule has 188 valence electrons. The van der Waals surface area contributed by atoms with Gasteiger partial charge in [0.15, 0.2) is 0 Å². The van der Waals surface area contributed by atoms with Crippen molar-refractivity contribution in [3.8, 4) is 0 Å². The van der Waals surface area contributed by atoms with Crippen LogP contribution in [0.5, 0.6) is 0 Å². The molecule has 2 fully saturated rings. The molecular weight excluding hydrogens is 466 g/mol. The number of alkyl halides is 3. The summed E-state index contributed by atoms with van der Waals surface area (Å²) in [5, 5.41) is 0. The van der Waals surface area contributed by atoms with Crippen LogP contribution in [0.3, 0.4) is 0 Å². The lowest BCUT2D eigenvalue weighted by atomic mass is 9.71. The van der Waals surface area contributed by atoms with Crippen molar-refractivity contribution >= 4 is 18.2 Å². The fourth-order valence-corrected chi connectivity index (χ4v) is 5.54. The predicted octanol–water partition coefficient (Wildman–Crippen LogP) is 4.93. The van der Waals surface area contributed by atoms with Gasteiger partial charge in [-0.1, -0.05) is 6.07 Å². The summed E-state index contributed by atoms with van der Waals surface area (Å²) < 4.78 is 57.2. The van der Waals surface area contributed by atoms with E-state index >= 15 is 0 Å². The maximum absolute atomic E-state index is 14.0. The minimum absolute atomic E-state index is 0.00186. The zero-order valence-electron chi connectivity index (χ0n) is 19.2. The van der Waals surface area contributed by atoms with Crippen LogP contribution >= 0.6 is 0 Å². The van der Waals surface area contributed by atoms with Crippen LogP contribution in [0, 0.1) is 17.2 Å². The summed E-state index contributed by atoms with van der Waals surface area (Å²) >= 11 is 0. The van der Waals surface area contributed by atoms with Crippen LogP contribution in [-0.4, -0.2) is 54.2 Å². The average molecular weight is 494 g/mol. The van der Waals surface area contributed by atoms with Gasteiger partial charge >= 0.3 is 12.3 Å². The molecule has 35 heavy (non-hydrogen) atoms. The fourth-order valence-electron chi connectivity index (χ4n) is 5.54. The number of rotatable bonds is 3. The van der Waals surface area contributed by atoms with Gasteiger partial charge in [-0.25, -0.2) is 9.18 Å². The third-order valence-electron chi connectivity index (χ3n) is 7.75. The summed E-state index contributed by atoms with van der Waals surface area (Å²) in [6.45, 7) is 1.88. The number of piperidine rings is 1. The molecule has 0 aromatic heterocycles. The Morgan fingerprint density at radius 3 is 2.57 bits per heavy atom. The standard InChI is InChI=1S/C25H27F4N3O3/c26-20-12-19(25(27,28)29)4-3-18(20)13-35-23(34)31-9-6-24(7-10-31)14-32(15-24)22(33)17-2-1-16-5-8-30-21(16)11-17/h3-4,8,12,17H,1-2,5-7,9-11,13-15H2/t17-/m1/s1. The molecule has 1 aromatic carbocycles. The number of benzene rings is 1. The molecule has 5 rings (SSSR count). The third kappa shape index (κ3) is 4.79. The molecule has 2 saturated heterocycles. The molecule has 1 aliphatic carbocycles. The third-order valence-corrected chi connectivity index (χ3v) is 7.75. The van der Waals surface area contributed by atoms with E-state index in [1.165, 1.54) is 10.5 Å². The second-order valence-electron chi connectivity index (χ2n) is 10.0. The molecule has 1 spiro atoms. The van der Waals surface area contributed by atoms with E-state index in [0.717, 1.165) is 56.4 Å². The summed E-state index contributed by atoms with van der Waals surface area (Å²) in [6, 6.07) is 2.16. The fraction of sp³-hybridized carbons (Fsp3) is 0.560. The highest BCUT2D eigenvalue weighted by Gasteiger charge is 2.48. The summed E-state index contributed by atoms with van der Waals surface area (Å²) in [7, 11) is 0. The smallest absolute Gasteiger partial charge is 0.416 e. The van der Waals surface area contributed by atoms with E-state index in [0.29, 0.717) is 32.2 Å². The highest BCUT2D eigenvalue weighted by atomic mass is 19.4. The van der Waals surface area contributed by atoms with Crippen LogP contribution in [0.15, 0.2) is 34.5 Å². The lowest BCUT2D eigenvalue weighted by Gasteiger charge is -2.54. The first-order valence-electron chi connectivity index (χ1n) is 11.9. The van der Waals surface area contributed by atoms with Crippen molar-refractivity contribution in [1.29, 1.82) is 0 Å². The Morgan fingerprint density at radius 2 is 1.89 bits per heavy atom. The van der Waals surface area contributed by atoms with Crippen LogP contribution in [-0.2, 0) is 22.3 Å². The van der Waals surface area contributed by atoms with Crippen molar-refractivity contribution in [2.75, 3.05) is 26.2 Å². The number of nitrogens with zero attached hydrogens (tertiary/aromatic N) is 3. The SMILES string of the molecule is O=C(OCc1ccc(C(F)(F)F)cc1F)N1CCC2(CC1)CN(C(=O)[C@@H]1CCC3=C(C1)N=CC3)C2. The zero-order valence-corrected chi connectivity index (χ0v) is 19.2. The number of likely N-dealkylation sites (tertiary alicyclic amines) is 2. The Labute approximate surface area is 200 Å². The van der Waals surface area contributed by atoms with Crippen molar-refractivity contribution in [2.45, 2.75) is 51.3 Å². The molecule has 2 amide bonds. The van der Waals surface area contributed by atoms with Gasteiger partial charge in [-0.3, -0.25) is 9.79 Å². The van der Waals surface area contributed by atoms with E-state index in [4.69, 9.17) is 4.74 Å². The van der Waals surface area contributed by atoms with Crippen molar-refractivity contribution in [3.63, 3.8) is 0 Å². The number of hydrogen-bond donors (Lipinski definition) is 0. The predicted molar refractivity (Wildman–Crippen MR) is 119 cm³/mol. The van der Waals surface area contributed by atoms with Gasteiger partial charge in [-0.05, 0) is 43.4 Å². The van der Waals surface area contributed by atoms with Gasteiger partial charge in [0.25, 0.3) is 0 Å². The molecule has 1 aromatic rings. The molecule has 0 bridgehead atoms. The Balaban J connectivity index is 1.07. The van der Waals surface area contributed by atoms with Gasteiger partial charge < -0.3 is 14.5 Å². The molecule has 4 aliphatic rings. The first-order chi connectivity index (χ1) is 16.6. The summed E-state index contributed by atoms with van der Waals surface area (Å²) in [5.74, 6) is -0.860. The molecule has 6 nitrogen and oxygen atoms in total. The number of allylic oxidation sites excluding steroid dienone is 2. The molecule has 0 unspecified atom stereocenters. The van der Waals surface area contributed by atoms with Crippen molar-refractivity contribution < 1.29 is 31.9 Å². The quantitative estimate of drug-likeness (QED) is 0.561. The van der Waals surface area contributed by atoms with Gasteiger partial charge in [0, 0.05) is 67.8 Å². The second kappa shape index (κ2) is 8.95. The minimum atomic E-state index is -4.64. The average Bonchev–Trinajstić information content (AvgIpc) is 3.28. The monoisotopic (exact) mass is 493 g/mol. The first-order valence-corrected chi connectivity index (χ1v) is 11.9. The molecule has 1 atom stereocenters. The molecule has 10 heteroatoms. The van der Waals surface area contributed by atoms with E-state index < -0.39 is 30.3 Å². The Kier molecular flexibility index (Phi) is 6.09. The summed E-state index contributed by atoms with van der Waals surface area (Å²) in [4.78, 5) is 33.3. The second-order valence-corrected chi connectivity index (χ2v) is 10.0. The van der Waals surface area contributed by atoms with Crippen LogP contribution in [0.25, 0.3) is 0 Å². The Bertz CT molecular complexity index is 1080.